The smallest absolute Gasteiger partial charge is 0.289 e. The number of benzene rings is 1. The van der Waals surface area contributed by atoms with Gasteiger partial charge in [-0.1, -0.05) is 23.7 Å². The van der Waals surface area contributed by atoms with Crippen LogP contribution in [0.15, 0.2) is 47.1 Å². The Morgan fingerprint density at radius 2 is 1.72 bits per heavy atom. The predicted octanol–water partition coefficient (Wildman–Crippen LogP) is 2.01. The molecule has 1 fully saturated rings. The minimum Gasteiger partial charge on any atom is -0.459 e. The van der Waals surface area contributed by atoms with Crippen LogP contribution in [-0.2, 0) is 11.3 Å². The number of carbonyl (C=O) groups is 2. The molecule has 0 spiro atoms. The molecule has 132 valence electrons. The normalized spacial score (nSPS) is 14.6. The molecule has 0 saturated carbocycles. The topological polar surface area (TPSA) is 65.8 Å². The van der Waals surface area contributed by atoms with Crippen LogP contribution in [0.5, 0.6) is 0 Å². The monoisotopic (exact) mass is 361 g/mol. The number of amides is 2. The summed E-state index contributed by atoms with van der Waals surface area (Å²) in [7, 11) is 0. The van der Waals surface area contributed by atoms with Crippen LogP contribution in [0.3, 0.4) is 0 Å². The number of hydrogen-bond acceptors (Lipinski definition) is 4. The molecule has 6 nitrogen and oxygen atoms in total. The van der Waals surface area contributed by atoms with Crippen LogP contribution in [0, 0.1) is 0 Å². The third kappa shape index (κ3) is 4.61. The van der Waals surface area contributed by atoms with E-state index in [9.17, 15) is 9.59 Å². The van der Waals surface area contributed by atoms with Gasteiger partial charge in [0.1, 0.15) is 0 Å². The van der Waals surface area contributed by atoms with Crippen molar-refractivity contribution in [1.29, 1.82) is 0 Å². The van der Waals surface area contributed by atoms with Gasteiger partial charge in [-0.2, -0.15) is 0 Å². The van der Waals surface area contributed by atoms with Crippen LogP contribution in [0.25, 0.3) is 0 Å². The summed E-state index contributed by atoms with van der Waals surface area (Å²) >= 11 is 5.85. The van der Waals surface area contributed by atoms with Crippen LogP contribution in [0.2, 0.25) is 5.02 Å². The van der Waals surface area contributed by atoms with Gasteiger partial charge in [-0.3, -0.25) is 9.59 Å². The number of rotatable bonds is 5. The highest BCUT2D eigenvalue weighted by atomic mass is 35.5. The van der Waals surface area contributed by atoms with Gasteiger partial charge >= 0.3 is 0 Å². The van der Waals surface area contributed by atoms with E-state index in [4.69, 9.17) is 16.0 Å². The van der Waals surface area contributed by atoms with Gasteiger partial charge in [0.25, 0.3) is 5.91 Å². The molecule has 1 aliphatic heterocycles. The Labute approximate surface area is 151 Å². The zero-order chi connectivity index (χ0) is 17.6. The van der Waals surface area contributed by atoms with Crippen LogP contribution in [0.1, 0.15) is 16.1 Å². The number of nitrogens with one attached hydrogen (secondary N) is 1. The summed E-state index contributed by atoms with van der Waals surface area (Å²) in [6.07, 6.45) is 1.49. The van der Waals surface area contributed by atoms with E-state index < -0.39 is 0 Å². The number of nitrogens with zero attached hydrogens (tertiary/aromatic N) is 2. The fraction of sp³-hybridized carbons (Fsp3) is 0.333. The Hall–Kier alpha value is -2.31. The van der Waals surface area contributed by atoms with Gasteiger partial charge in [-0.25, -0.2) is 0 Å². The highest BCUT2D eigenvalue weighted by Crippen LogP contribution is 2.10. The summed E-state index contributed by atoms with van der Waals surface area (Å²) in [6.45, 7) is 2.99. The zero-order valence-electron chi connectivity index (χ0n) is 13.8. The molecule has 2 heterocycles. The fourth-order valence-electron chi connectivity index (χ4n) is 2.74. The average molecular weight is 362 g/mol. The van der Waals surface area contributed by atoms with Crippen LogP contribution >= 0.6 is 11.6 Å². The molecule has 1 saturated heterocycles. The summed E-state index contributed by atoms with van der Waals surface area (Å²) < 4.78 is 5.14. The third-order valence-electron chi connectivity index (χ3n) is 4.17. The van der Waals surface area contributed by atoms with Crippen LogP contribution in [-0.4, -0.2) is 54.3 Å². The molecule has 1 aromatic heterocycles. The Morgan fingerprint density at radius 3 is 2.36 bits per heavy atom. The molecule has 2 aromatic rings. The van der Waals surface area contributed by atoms with Gasteiger partial charge in [0.05, 0.1) is 12.8 Å². The van der Waals surface area contributed by atoms with E-state index in [1.165, 1.54) is 6.26 Å². The summed E-state index contributed by atoms with van der Waals surface area (Å²) in [6, 6.07) is 10.9. The van der Waals surface area contributed by atoms with Gasteiger partial charge in [0, 0.05) is 37.7 Å². The first-order chi connectivity index (χ1) is 12.1. The van der Waals surface area contributed by atoms with E-state index in [1.807, 2.05) is 24.3 Å². The van der Waals surface area contributed by atoms with Crippen LogP contribution < -0.4 is 5.32 Å². The molecule has 7 heteroatoms. The molecule has 0 unspecified atom stereocenters. The minimum atomic E-state index is -0.127. The second-order valence-corrected chi connectivity index (χ2v) is 6.32. The van der Waals surface area contributed by atoms with Gasteiger partial charge < -0.3 is 19.5 Å². The third-order valence-corrected chi connectivity index (χ3v) is 4.42. The molecule has 3 rings (SSSR count). The number of furan rings is 1. The lowest BCUT2D eigenvalue weighted by molar-refractivity contribution is -0.131. The molecule has 2 amide bonds. The summed E-state index contributed by atoms with van der Waals surface area (Å²) in [4.78, 5) is 28.0. The molecule has 1 aromatic carbocycles. The molecule has 0 atom stereocenters. The van der Waals surface area contributed by atoms with Crippen molar-refractivity contribution in [2.75, 3.05) is 32.7 Å². The van der Waals surface area contributed by atoms with E-state index in [0.717, 1.165) is 5.56 Å². The zero-order valence-corrected chi connectivity index (χ0v) is 14.5. The van der Waals surface area contributed by atoms with E-state index in [2.05, 4.69) is 5.32 Å². The van der Waals surface area contributed by atoms with Crippen molar-refractivity contribution in [3.8, 4) is 0 Å². The van der Waals surface area contributed by atoms with Crippen molar-refractivity contribution in [3.05, 3.63) is 59.0 Å². The molecule has 0 aliphatic carbocycles. The van der Waals surface area contributed by atoms with Gasteiger partial charge in [0.2, 0.25) is 5.91 Å². The first kappa shape index (κ1) is 17.5. The highest BCUT2D eigenvalue weighted by molar-refractivity contribution is 6.30. The Kier molecular flexibility index (Phi) is 5.73. The quantitative estimate of drug-likeness (QED) is 0.884. The lowest BCUT2D eigenvalue weighted by Gasteiger charge is -2.34. The number of piperazine rings is 1. The summed E-state index contributed by atoms with van der Waals surface area (Å²) in [5.74, 6) is 0.251. The van der Waals surface area contributed by atoms with E-state index in [0.29, 0.717) is 43.5 Å². The summed E-state index contributed by atoms with van der Waals surface area (Å²) in [5.41, 5.74) is 1.08. The molecule has 25 heavy (non-hydrogen) atoms. The lowest BCUT2D eigenvalue weighted by atomic mass is 10.2. The highest BCUT2D eigenvalue weighted by Gasteiger charge is 2.25. The lowest BCUT2D eigenvalue weighted by Crippen LogP contribution is -2.52. The Bertz CT molecular complexity index is 708. The number of carbonyl (C=O) groups excluding carboxylic acids is 2. The second kappa shape index (κ2) is 8.18. The van der Waals surface area contributed by atoms with E-state index in [-0.39, 0.29) is 18.4 Å². The molecule has 0 radical (unpaired) electrons. The first-order valence-corrected chi connectivity index (χ1v) is 8.57. The minimum absolute atomic E-state index is 0.0408. The Morgan fingerprint density at radius 1 is 1.04 bits per heavy atom. The maximum absolute atomic E-state index is 12.3. The Balaban J connectivity index is 1.41. The molecule has 1 aliphatic rings. The molecular weight excluding hydrogens is 342 g/mol. The average Bonchev–Trinajstić information content (AvgIpc) is 3.17. The van der Waals surface area contributed by atoms with E-state index in [1.54, 1.807) is 21.9 Å². The standard InChI is InChI=1S/C18H20ClN3O3/c19-15-5-3-14(4-6-15)12-20-13-17(23)21-7-9-22(10-8-21)18(24)16-2-1-11-25-16/h1-6,11,20H,7-10,12-13H2. The second-order valence-electron chi connectivity index (χ2n) is 5.88. The van der Waals surface area contributed by atoms with Gasteiger partial charge in [0.15, 0.2) is 5.76 Å². The maximum atomic E-state index is 12.3. The maximum Gasteiger partial charge on any atom is 0.289 e. The number of hydrogen-bond donors (Lipinski definition) is 1. The predicted molar refractivity (Wildman–Crippen MR) is 94.4 cm³/mol. The van der Waals surface area contributed by atoms with Crippen molar-refractivity contribution in [3.63, 3.8) is 0 Å². The van der Waals surface area contributed by atoms with Crippen molar-refractivity contribution >= 4 is 23.4 Å². The van der Waals surface area contributed by atoms with Gasteiger partial charge in [-0.15, -0.1) is 0 Å². The SMILES string of the molecule is O=C(CNCc1ccc(Cl)cc1)N1CCN(C(=O)c2ccco2)CC1. The van der Waals surface area contributed by atoms with E-state index >= 15 is 0 Å². The molecule has 1 N–H and O–H groups in total. The largest absolute Gasteiger partial charge is 0.459 e. The van der Waals surface area contributed by atoms with Gasteiger partial charge in [-0.05, 0) is 29.8 Å². The van der Waals surface area contributed by atoms with Crippen molar-refractivity contribution in [2.24, 2.45) is 0 Å². The number of halogens is 1. The van der Waals surface area contributed by atoms with Crippen molar-refractivity contribution in [2.45, 2.75) is 6.54 Å². The molecular formula is C18H20ClN3O3. The van der Waals surface area contributed by atoms with Crippen molar-refractivity contribution < 1.29 is 14.0 Å². The van der Waals surface area contributed by atoms with Crippen LogP contribution in [0.4, 0.5) is 0 Å². The fourth-order valence-corrected chi connectivity index (χ4v) is 2.87. The summed E-state index contributed by atoms with van der Waals surface area (Å²) in [5, 5.41) is 3.84. The first-order valence-electron chi connectivity index (χ1n) is 8.19. The van der Waals surface area contributed by atoms with Crippen molar-refractivity contribution in [1.82, 2.24) is 15.1 Å². The molecule has 0 bridgehead atoms.